The number of thiazole rings is 1. The Balaban J connectivity index is 1.93. The van der Waals surface area contributed by atoms with E-state index in [4.69, 9.17) is 6.57 Å². The number of nitrogens with zero attached hydrogens (tertiary/aromatic N) is 4. The number of hydrogen-bond donors (Lipinski definition) is 0. The van der Waals surface area contributed by atoms with Gasteiger partial charge in [0.1, 0.15) is 11.7 Å². The molecule has 0 saturated heterocycles. The molecule has 3 aromatic rings. The molecule has 4 rings (SSSR count). The molecule has 1 aromatic heterocycles. The highest BCUT2D eigenvalue weighted by atomic mass is 32.1. The van der Waals surface area contributed by atoms with Crippen LogP contribution in [-0.2, 0) is 12.5 Å². The van der Waals surface area contributed by atoms with E-state index in [1.807, 2.05) is 12.1 Å². The van der Waals surface area contributed by atoms with E-state index in [-0.39, 0.29) is 0 Å². The number of fused-ring (bicyclic) bond motifs is 2. The number of para-hydroxylation sites is 1. The molecule has 0 aliphatic carbocycles. The van der Waals surface area contributed by atoms with Gasteiger partial charge in [-0.3, -0.25) is 0 Å². The molecule has 0 bridgehead atoms. The molecule has 0 fully saturated rings. The minimum Gasteiger partial charge on any atom is -0.344 e. The highest BCUT2D eigenvalue weighted by molar-refractivity contribution is 7.18. The monoisotopic (exact) mass is 427 g/mol. The summed E-state index contributed by atoms with van der Waals surface area (Å²) in [6.45, 7) is 15.0. The molecule has 156 valence electrons. The molecule has 1 atom stereocenters. The standard InChI is InChI=1S/C26H27N4S/c1-18(2)12-15-30-21-11-10-19(28-4)16-20(21)26(3,13-14-27)24(30)17-25-29(5)22-8-6-7-9-23(22)31-25/h6-11,16-18H,12-13,15H2,1-3,5H3/q+1. The van der Waals surface area contributed by atoms with Crippen molar-refractivity contribution in [2.45, 2.75) is 39.0 Å². The van der Waals surface area contributed by atoms with Crippen molar-refractivity contribution in [3.8, 4) is 6.07 Å². The van der Waals surface area contributed by atoms with Gasteiger partial charge in [-0.1, -0.05) is 49.4 Å². The summed E-state index contributed by atoms with van der Waals surface area (Å²) in [5.74, 6) is 0.579. The first-order valence-corrected chi connectivity index (χ1v) is 11.5. The molecule has 2 heterocycles. The van der Waals surface area contributed by atoms with Crippen molar-refractivity contribution < 1.29 is 4.57 Å². The number of anilines is 1. The van der Waals surface area contributed by atoms with Crippen molar-refractivity contribution in [3.05, 3.63) is 70.1 Å². The third-order valence-electron chi connectivity index (χ3n) is 6.25. The van der Waals surface area contributed by atoms with Crippen molar-refractivity contribution in [3.63, 3.8) is 0 Å². The summed E-state index contributed by atoms with van der Waals surface area (Å²) in [4.78, 5) is 6.03. The van der Waals surface area contributed by atoms with Gasteiger partial charge in [0.25, 0.3) is 5.01 Å². The molecule has 0 spiro atoms. The molecule has 1 aliphatic rings. The van der Waals surface area contributed by atoms with Gasteiger partial charge in [0.15, 0.2) is 5.69 Å². The number of rotatable bonds is 5. The summed E-state index contributed by atoms with van der Waals surface area (Å²) >= 11 is 1.77. The van der Waals surface area contributed by atoms with Gasteiger partial charge in [-0.05, 0) is 37.0 Å². The van der Waals surface area contributed by atoms with Crippen LogP contribution in [0.25, 0.3) is 21.1 Å². The van der Waals surface area contributed by atoms with Gasteiger partial charge in [0.05, 0.1) is 19.1 Å². The van der Waals surface area contributed by atoms with E-state index in [1.54, 1.807) is 11.3 Å². The number of aryl methyl sites for hydroxylation is 1. The number of benzene rings is 2. The van der Waals surface area contributed by atoms with Gasteiger partial charge in [0.2, 0.25) is 5.52 Å². The predicted molar refractivity (Wildman–Crippen MR) is 128 cm³/mol. The third kappa shape index (κ3) is 3.60. The van der Waals surface area contributed by atoms with Crippen molar-refractivity contribution in [2.75, 3.05) is 11.4 Å². The fourth-order valence-corrected chi connectivity index (χ4v) is 5.50. The molecule has 2 aromatic carbocycles. The van der Waals surface area contributed by atoms with Crippen LogP contribution in [0.2, 0.25) is 0 Å². The second kappa shape index (κ2) is 8.17. The van der Waals surface area contributed by atoms with Crippen LogP contribution < -0.4 is 9.47 Å². The lowest BCUT2D eigenvalue weighted by atomic mass is 9.79. The van der Waals surface area contributed by atoms with E-state index < -0.39 is 5.41 Å². The van der Waals surface area contributed by atoms with Crippen LogP contribution >= 0.6 is 11.3 Å². The quantitative estimate of drug-likeness (QED) is 0.351. The van der Waals surface area contributed by atoms with E-state index in [0.29, 0.717) is 18.0 Å². The molecule has 0 amide bonds. The van der Waals surface area contributed by atoms with Crippen molar-refractivity contribution >= 4 is 39.0 Å². The molecule has 5 heteroatoms. The predicted octanol–water partition coefficient (Wildman–Crippen LogP) is 6.36. The molecule has 1 unspecified atom stereocenters. The van der Waals surface area contributed by atoms with E-state index >= 15 is 0 Å². The average Bonchev–Trinajstić information content (AvgIpc) is 3.19. The van der Waals surface area contributed by atoms with Gasteiger partial charge in [-0.2, -0.15) is 9.83 Å². The van der Waals surface area contributed by atoms with E-state index in [0.717, 1.165) is 34.9 Å². The van der Waals surface area contributed by atoms with Gasteiger partial charge >= 0.3 is 0 Å². The van der Waals surface area contributed by atoms with Crippen LogP contribution in [0.3, 0.4) is 0 Å². The molecule has 0 N–H and O–H groups in total. The fraction of sp³-hybridized carbons (Fsp3) is 0.346. The molecular formula is C26H27N4S+. The maximum Gasteiger partial charge on any atom is 0.264 e. The number of nitriles is 1. The Bertz CT molecular complexity index is 1250. The molecule has 4 nitrogen and oxygen atoms in total. The molecule has 0 saturated carbocycles. The van der Waals surface area contributed by atoms with Crippen LogP contribution in [-0.4, -0.2) is 6.54 Å². The Morgan fingerprint density at radius 3 is 2.74 bits per heavy atom. The van der Waals surface area contributed by atoms with Crippen LogP contribution in [0.1, 0.15) is 44.2 Å². The summed E-state index contributed by atoms with van der Waals surface area (Å²) in [6.07, 6.45) is 3.70. The smallest absolute Gasteiger partial charge is 0.264 e. The largest absolute Gasteiger partial charge is 0.344 e. The minimum absolute atomic E-state index is 0.375. The SMILES string of the molecule is [C-]#[N+]c1ccc2c(c1)C(C)(CC#N)C(=Cc1sc3ccccc3[n+]1C)N2CCC(C)C. The van der Waals surface area contributed by atoms with Gasteiger partial charge < -0.3 is 4.90 Å². The topological polar surface area (TPSA) is 35.3 Å². The Labute approximate surface area is 188 Å². The highest BCUT2D eigenvalue weighted by Gasteiger charge is 2.44. The van der Waals surface area contributed by atoms with Crippen LogP contribution in [0.4, 0.5) is 11.4 Å². The van der Waals surface area contributed by atoms with Gasteiger partial charge in [-0.25, -0.2) is 4.85 Å². The number of allylic oxidation sites excluding steroid dienone is 1. The second-order valence-corrected chi connectivity index (χ2v) is 9.87. The van der Waals surface area contributed by atoms with Crippen LogP contribution in [0, 0.1) is 23.8 Å². The average molecular weight is 428 g/mol. The van der Waals surface area contributed by atoms with Crippen molar-refractivity contribution in [1.29, 1.82) is 5.26 Å². The zero-order valence-electron chi connectivity index (χ0n) is 18.5. The normalized spacial score (nSPS) is 19.1. The zero-order valence-corrected chi connectivity index (χ0v) is 19.3. The summed E-state index contributed by atoms with van der Waals surface area (Å²) in [5.41, 5.74) is 4.74. The Morgan fingerprint density at radius 1 is 1.29 bits per heavy atom. The Morgan fingerprint density at radius 2 is 2.06 bits per heavy atom. The molecule has 31 heavy (non-hydrogen) atoms. The first kappa shape index (κ1) is 21.1. The number of hydrogen-bond acceptors (Lipinski definition) is 3. The first-order chi connectivity index (χ1) is 14.9. The van der Waals surface area contributed by atoms with Gasteiger partial charge in [-0.15, -0.1) is 0 Å². The molecular weight excluding hydrogens is 400 g/mol. The zero-order chi connectivity index (χ0) is 22.2. The first-order valence-electron chi connectivity index (χ1n) is 10.6. The van der Waals surface area contributed by atoms with Crippen molar-refractivity contribution in [1.82, 2.24) is 0 Å². The molecule has 1 aliphatic heterocycles. The summed E-state index contributed by atoms with van der Waals surface area (Å²) in [7, 11) is 2.10. The summed E-state index contributed by atoms with van der Waals surface area (Å²) in [5, 5.41) is 10.9. The van der Waals surface area contributed by atoms with E-state index in [2.05, 4.69) is 84.6 Å². The highest BCUT2D eigenvalue weighted by Crippen LogP contribution is 2.51. The van der Waals surface area contributed by atoms with Gasteiger partial charge in [0, 0.05) is 35.5 Å². The second-order valence-electron chi connectivity index (χ2n) is 8.81. The minimum atomic E-state index is -0.453. The maximum absolute atomic E-state index is 9.74. The van der Waals surface area contributed by atoms with Crippen molar-refractivity contribution in [2.24, 2.45) is 13.0 Å². The summed E-state index contributed by atoms with van der Waals surface area (Å²) in [6, 6.07) is 16.8. The lowest BCUT2D eigenvalue weighted by Crippen LogP contribution is -2.32. The lowest BCUT2D eigenvalue weighted by Gasteiger charge is -2.28. The Hall–Kier alpha value is -3.15. The summed E-state index contributed by atoms with van der Waals surface area (Å²) < 4.78 is 3.48. The Kier molecular flexibility index (Phi) is 5.56. The van der Waals surface area contributed by atoms with E-state index in [1.165, 1.54) is 10.2 Å². The fourth-order valence-electron chi connectivity index (χ4n) is 4.41. The number of aromatic nitrogens is 1. The third-order valence-corrected chi connectivity index (χ3v) is 7.41. The van der Waals surface area contributed by atoms with E-state index in [9.17, 15) is 5.26 Å². The lowest BCUT2D eigenvalue weighted by molar-refractivity contribution is -0.642. The van der Waals surface area contributed by atoms with Crippen LogP contribution in [0.15, 0.2) is 48.2 Å². The van der Waals surface area contributed by atoms with Crippen LogP contribution in [0.5, 0.6) is 0 Å². The maximum atomic E-state index is 9.74. The molecule has 0 radical (unpaired) electrons.